The lowest BCUT2D eigenvalue weighted by Gasteiger charge is -2.15. The van der Waals surface area contributed by atoms with Gasteiger partial charge in [0.2, 0.25) is 5.91 Å². The lowest BCUT2D eigenvalue weighted by Crippen LogP contribution is -2.23. The zero-order valence-corrected chi connectivity index (χ0v) is 20.6. The van der Waals surface area contributed by atoms with Crippen LogP contribution in [0.4, 0.5) is 11.4 Å². The van der Waals surface area contributed by atoms with Crippen molar-refractivity contribution in [3.63, 3.8) is 0 Å². The van der Waals surface area contributed by atoms with E-state index in [-0.39, 0.29) is 17.4 Å². The lowest BCUT2D eigenvalue weighted by atomic mass is 10.1. The SMILES string of the molecule is COC(=O)c1ccccc1NC(=O)C(C)Sc1ccc(NC(=O)c2c(OC)cccc2OC)cc1. The molecule has 0 aliphatic carbocycles. The van der Waals surface area contributed by atoms with Crippen molar-refractivity contribution in [2.24, 2.45) is 0 Å². The number of amides is 2. The molecule has 9 heteroatoms. The van der Waals surface area contributed by atoms with E-state index in [0.717, 1.165) is 4.90 Å². The van der Waals surface area contributed by atoms with Crippen LogP contribution in [0.25, 0.3) is 0 Å². The second-order valence-electron chi connectivity index (χ2n) is 7.30. The highest BCUT2D eigenvalue weighted by molar-refractivity contribution is 8.00. The van der Waals surface area contributed by atoms with Gasteiger partial charge in [-0.25, -0.2) is 4.79 Å². The van der Waals surface area contributed by atoms with Crippen LogP contribution < -0.4 is 20.1 Å². The van der Waals surface area contributed by atoms with Gasteiger partial charge in [-0.3, -0.25) is 9.59 Å². The van der Waals surface area contributed by atoms with E-state index in [0.29, 0.717) is 28.4 Å². The molecular weight excluding hydrogens is 468 g/mol. The summed E-state index contributed by atoms with van der Waals surface area (Å²) in [5, 5.41) is 5.17. The molecule has 0 radical (unpaired) electrons. The van der Waals surface area contributed by atoms with E-state index in [1.165, 1.54) is 33.1 Å². The normalized spacial score (nSPS) is 11.2. The molecule has 8 nitrogen and oxygen atoms in total. The summed E-state index contributed by atoms with van der Waals surface area (Å²) in [6.45, 7) is 1.77. The third-order valence-corrected chi connectivity index (χ3v) is 6.15. The van der Waals surface area contributed by atoms with Crippen LogP contribution in [0.15, 0.2) is 71.6 Å². The van der Waals surface area contributed by atoms with Crippen molar-refractivity contribution in [1.29, 1.82) is 0 Å². The fourth-order valence-electron chi connectivity index (χ4n) is 3.26. The topological polar surface area (TPSA) is 103 Å². The Morgan fingerprint density at radius 1 is 0.800 bits per heavy atom. The monoisotopic (exact) mass is 494 g/mol. The average molecular weight is 495 g/mol. The second-order valence-corrected chi connectivity index (χ2v) is 8.72. The number of anilines is 2. The molecule has 0 spiro atoms. The van der Waals surface area contributed by atoms with Crippen LogP contribution in [0, 0.1) is 0 Å². The van der Waals surface area contributed by atoms with Crippen molar-refractivity contribution in [2.45, 2.75) is 17.1 Å². The molecule has 182 valence electrons. The molecule has 0 heterocycles. The quantitative estimate of drug-likeness (QED) is 0.323. The molecule has 0 saturated heterocycles. The predicted molar refractivity (Wildman–Crippen MR) is 136 cm³/mol. The smallest absolute Gasteiger partial charge is 0.339 e. The Morgan fingerprint density at radius 2 is 1.43 bits per heavy atom. The minimum absolute atomic E-state index is 0.257. The van der Waals surface area contributed by atoms with E-state index >= 15 is 0 Å². The number of nitrogens with one attached hydrogen (secondary N) is 2. The molecule has 0 aromatic heterocycles. The molecule has 0 saturated carbocycles. The molecule has 0 fully saturated rings. The maximum Gasteiger partial charge on any atom is 0.339 e. The number of carbonyl (C=O) groups is 3. The van der Waals surface area contributed by atoms with Crippen molar-refractivity contribution in [3.8, 4) is 11.5 Å². The van der Waals surface area contributed by atoms with Crippen molar-refractivity contribution >= 4 is 40.9 Å². The van der Waals surface area contributed by atoms with E-state index in [1.807, 2.05) is 12.1 Å². The molecule has 2 N–H and O–H groups in total. The molecule has 3 rings (SSSR count). The van der Waals surface area contributed by atoms with Gasteiger partial charge in [0.25, 0.3) is 5.91 Å². The van der Waals surface area contributed by atoms with Crippen LogP contribution >= 0.6 is 11.8 Å². The van der Waals surface area contributed by atoms with E-state index in [4.69, 9.17) is 14.2 Å². The Balaban J connectivity index is 1.64. The number of hydrogen-bond donors (Lipinski definition) is 2. The fraction of sp³-hybridized carbons (Fsp3) is 0.192. The summed E-state index contributed by atoms with van der Waals surface area (Å²) in [6.07, 6.45) is 0. The molecule has 0 aliphatic rings. The summed E-state index contributed by atoms with van der Waals surface area (Å²) in [6, 6.07) is 18.9. The first-order valence-corrected chi connectivity index (χ1v) is 11.5. The zero-order valence-electron chi connectivity index (χ0n) is 19.8. The van der Waals surface area contributed by atoms with Gasteiger partial charge in [-0.05, 0) is 55.5 Å². The molecule has 3 aromatic rings. The van der Waals surface area contributed by atoms with Gasteiger partial charge < -0.3 is 24.8 Å². The number of para-hydroxylation sites is 1. The van der Waals surface area contributed by atoms with Gasteiger partial charge >= 0.3 is 5.97 Å². The van der Waals surface area contributed by atoms with Crippen LogP contribution in [0.3, 0.4) is 0 Å². The van der Waals surface area contributed by atoms with Gasteiger partial charge in [-0.15, -0.1) is 11.8 Å². The number of carbonyl (C=O) groups excluding carboxylic acids is 3. The highest BCUT2D eigenvalue weighted by atomic mass is 32.2. The Hall–Kier alpha value is -3.98. The van der Waals surface area contributed by atoms with Crippen molar-refractivity contribution in [3.05, 3.63) is 77.9 Å². The molecule has 1 atom stereocenters. The fourth-order valence-corrected chi connectivity index (χ4v) is 4.12. The van der Waals surface area contributed by atoms with E-state index in [2.05, 4.69) is 10.6 Å². The maximum atomic E-state index is 12.8. The largest absolute Gasteiger partial charge is 0.496 e. The minimum Gasteiger partial charge on any atom is -0.496 e. The number of ether oxygens (including phenoxy) is 3. The van der Waals surface area contributed by atoms with Crippen LogP contribution in [-0.4, -0.2) is 44.4 Å². The Kier molecular flexibility index (Phi) is 8.74. The second kappa shape index (κ2) is 11.9. The first-order chi connectivity index (χ1) is 16.9. The van der Waals surface area contributed by atoms with Crippen molar-refractivity contribution in [2.75, 3.05) is 32.0 Å². The standard InChI is InChI=1S/C26H26N2O6S/c1-16(24(29)28-20-9-6-5-8-19(20)26(31)34-4)35-18-14-12-17(13-15-18)27-25(30)23-21(32-2)10-7-11-22(23)33-3/h5-16H,1-4H3,(H,27,30)(H,28,29). The van der Waals surface area contributed by atoms with Crippen LogP contribution in [0.2, 0.25) is 0 Å². The number of methoxy groups -OCH3 is 3. The maximum absolute atomic E-state index is 12.8. The Labute approximate surface area is 208 Å². The highest BCUT2D eigenvalue weighted by Gasteiger charge is 2.20. The van der Waals surface area contributed by atoms with Gasteiger partial charge in [0.15, 0.2) is 0 Å². The summed E-state index contributed by atoms with van der Waals surface area (Å²) in [5.74, 6) is -0.335. The molecule has 2 amide bonds. The van der Waals surface area contributed by atoms with Crippen molar-refractivity contribution < 1.29 is 28.6 Å². The number of esters is 1. The van der Waals surface area contributed by atoms with Gasteiger partial charge in [0.1, 0.15) is 17.1 Å². The van der Waals surface area contributed by atoms with E-state index < -0.39 is 11.2 Å². The van der Waals surface area contributed by atoms with Crippen LogP contribution in [0.5, 0.6) is 11.5 Å². The third kappa shape index (κ3) is 6.33. The Bertz CT molecular complexity index is 1190. The van der Waals surface area contributed by atoms with Crippen molar-refractivity contribution in [1.82, 2.24) is 0 Å². The number of rotatable bonds is 9. The first kappa shape index (κ1) is 25.6. The summed E-state index contributed by atoms with van der Waals surface area (Å²) in [7, 11) is 4.27. The number of benzene rings is 3. The van der Waals surface area contributed by atoms with Crippen LogP contribution in [-0.2, 0) is 9.53 Å². The van der Waals surface area contributed by atoms with Crippen LogP contribution in [0.1, 0.15) is 27.6 Å². The summed E-state index contributed by atoms with van der Waals surface area (Å²) in [5.41, 5.74) is 1.55. The Morgan fingerprint density at radius 3 is 2.03 bits per heavy atom. The molecule has 3 aromatic carbocycles. The molecule has 35 heavy (non-hydrogen) atoms. The van der Waals surface area contributed by atoms with E-state index in [1.54, 1.807) is 61.5 Å². The minimum atomic E-state index is -0.524. The summed E-state index contributed by atoms with van der Waals surface area (Å²) in [4.78, 5) is 38.3. The van der Waals surface area contributed by atoms with E-state index in [9.17, 15) is 14.4 Å². The zero-order chi connectivity index (χ0) is 25.4. The lowest BCUT2D eigenvalue weighted by molar-refractivity contribution is -0.115. The molecule has 0 aliphatic heterocycles. The number of thioether (sulfide) groups is 1. The first-order valence-electron chi connectivity index (χ1n) is 10.6. The van der Waals surface area contributed by atoms with Gasteiger partial charge in [-0.1, -0.05) is 18.2 Å². The molecule has 0 bridgehead atoms. The third-order valence-electron chi connectivity index (χ3n) is 5.04. The predicted octanol–water partition coefficient (Wildman–Crippen LogP) is 4.86. The average Bonchev–Trinajstić information content (AvgIpc) is 2.88. The highest BCUT2D eigenvalue weighted by Crippen LogP contribution is 2.30. The van der Waals surface area contributed by atoms with Gasteiger partial charge in [0, 0.05) is 10.6 Å². The number of hydrogen-bond acceptors (Lipinski definition) is 7. The molecular formula is C26H26N2O6S. The molecule has 1 unspecified atom stereocenters. The summed E-state index contributed by atoms with van der Waals surface area (Å²) < 4.78 is 15.4. The van der Waals surface area contributed by atoms with Gasteiger partial charge in [-0.2, -0.15) is 0 Å². The summed E-state index contributed by atoms with van der Waals surface area (Å²) >= 11 is 1.35. The van der Waals surface area contributed by atoms with Gasteiger partial charge in [0.05, 0.1) is 37.8 Å².